The number of hydrogen-bond acceptors (Lipinski definition) is 5. The average Bonchev–Trinajstić information content (AvgIpc) is 3.04. The Labute approximate surface area is 196 Å². The lowest BCUT2D eigenvalue weighted by Gasteiger charge is -2.26. The van der Waals surface area contributed by atoms with E-state index in [1.165, 1.54) is 6.07 Å². The van der Waals surface area contributed by atoms with Crippen LogP contribution in [0.25, 0.3) is 0 Å². The molecule has 0 amide bonds. The zero-order valence-electron chi connectivity index (χ0n) is 17.0. The average molecular weight is 489 g/mol. The summed E-state index contributed by atoms with van der Waals surface area (Å²) in [4.78, 5) is 14.2. The number of anilines is 1. The van der Waals surface area contributed by atoms with E-state index in [0.717, 1.165) is 5.56 Å². The summed E-state index contributed by atoms with van der Waals surface area (Å²) in [5, 5.41) is 0.698. The summed E-state index contributed by atoms with van der Waals surface area (Å²) < 4.78 is 34.8. The van der Waals surface area contributed by atoms with E-state index in [1.54, 1.807) is 59.5 Å². The molecule has 0 aliphatic carbocycles. The minimum Gasteiger partial charge on any atom is -0.460 e. The second kappa shape index (κ2) is 8.94. The van der Waals surface area contributed by atoms with E-state index >= 15 is 0 Å². The van der Waals surface area contributed by atoms with Gasteiger partial charge in [-0.05, 0) is 42.8 Å². The first-order valence-electron chi connectivity index (χ1n) is 9.68. The van der Waals surface area contributed by atoms with E-state index in [0.29, 0.717) is 16.3 Å². The Bertz CT molecular complexity index is 1340. The molecule has 0 atom stereocenters. The molecular formula is C23H18Cl2N2O4S. The number of fused-ring (bicyclic) bond motifs is 1. The quantitative estimate of drug-likeness (QED) is 0.466. The standard InChI is InChI=1S/C23H18Cl2N2O4S/c1-15-7-6-12-20-21(15)22(26-32(20,29)30)27(19-11-5-4-10-18(19)25)13-14-31-23(28)16-8-2-3-9-17(16)24/h2-12H,13-14H2,1H3. The molecule has 0 saturated heterocycles. The van der Waals surface area contributed by atoms with Crippen molar-refractivity contribution in [2.45, 2.75) is 11.8 Å². The van der Waals surface area contributed by atoms with Crippen LogP contribution < -0.4 is 4.90 Å². The molecule has 1 heterocycles. The molecule has 0 unspecified atom stereocenters. The number of nitrogens with zero attached hydrogens (tertiary/aromatic N) is 2. The van der Waals surface area contributed by atoms with Crippen molar-refractivity contribution in [3.63, 3.8) is 0 Å². The number of benzene rings is 3. The number of para-hydroxylation sites is 1. The smallest absolute Gasteiger partial charge is 0.339 e. The number of amidine groups is 1. The van der Waals surface area contributed by atoms with Gasteiger partial charge in [0.1, 0.15) is 11.5 Å². The molecule has 0 radical (unpaired) electrons. The fourth-order valence-electron chi connectivity index (χ4n) is 3.48. The maximum Gasteiger partial charge on any atom is 0.339 e. The molecule has 32 heavy (non-hydrogen) atoms. The highest BCUT2D eigenvalue weighted by atomic mass is 35.5. The van der Waals surface area contributed by atoms with E-state index in [9.17, 15) is 13.2 Å². The normalized spacial score (nSPS) is 13.9. The lowest BCUT2D eigenvalue weighted by molar-refractivity contribution is 0.0517. The van der Waals surface area contributed by atoms with Crippen molar-refractivity contribution in [1.82, 2.24) is 0 Å². The molecule has 3 aromatic carbocycles. The number of sulfonamides is 1. The summed E-state index contributed by atoms with van der Waals surface area (Å²) >= 11 is 12.5. The summed E-state index contributed by atoms with van der Waals surface area (Å²) in [5.74, 6) is -0.340. The topological polar surface area (TPSA) is 76.0 Å². The van der Waals surface area contributed by atoms with Crippen LogP contribution in [0.15, 0.2) is 76.0 Å². The number of carbonyl (C=O) groups is 1. The van der Waals surface area contributed by atoms with Gasteiger partial charge in [-0.15, -0.1) is 4.40 Å². The number of rotatable bonds is 5. The summed E-state index contributed by atoms with van der Waals surface area (Å²) in [6.07, 6.45) is 0. The highest BCUT2D eigenvalue weighted by molar-refractivity contribution is 7.90. The molecule has 1 aliphatic heterocycles. The van der Waals surface area contributed by atoms with E-state index in [2.05, 4.69) is 4.40 Å². The number of ether oxygens (including phenoxy) is 1. The number of carbonyl (C=O) groups excluding carboxylic acids is 1. The van der Waals surface area contributed by atoms with Crippen LogP contribution in [0, 0.1) is 6.92 Å². The van der Waals surface area contributed by atoms with Crippen molar-refractivity contribution in [3.8, 4) is 0 Å². The summed E-state index contributed by atoms with van der Waals surface area (Å²) in [6, 6.07) is 18.6. The number of halogens is 2. The van der Waals surface area contributed by atoms with Gasteiger partial charge < -0.3 is 9.64 Å². The zero-order valence-corrected chi connectivity index (χ0v) is 19.3. The van der Waals surface area contributed by atoms with Crippen LogP contribution in [0.4, 0.5) is 5.69 Å². The van der Waals surface area contributed by atoms with Crippen molar-refractivity contribution in [2.75, 3.05) is 18.1 Å². The largest absolute Gasteiger partial charge is 0.460 e. The molecule has 6 nitrogen and oxygen atoms in total. The molecule has 0 aromatic heterocycles. The summed E-state index contributed by atoms with van der Waals surface area (Å²) in [5.41, 5.74) is 2.06. The van der Waals surface area contributed by atoms with Gasteiger partial charge in [-0.3, -0.25) is 0 Å². The first-order valence-corrected chi connectivity index (χ1v) is 11.9. The van der Waals surface area contributed by atoms with Gasteiger partial charge in [0, 0.05) is 5.56 Å². The van der Waals surface area contributed by atoms with Crippen LogP contribution in [0.5, 0.6) is 0 Å². The fourth-order valence-corrected chi connectivity index (χ4v) is 5.21. The van der Waals surface area contributed by atoms with E-state index in [-0.39, 0.29) is 34.5 Å². The number of hydrogen-bond donors (Lipinski definition) is 0. The van der Waals surface area contributed by atoms with Crippen LogP contribution in [-0.2, 0) is 14.8 Å². The minimum atomic E-state index is -3.86. The van der Waals surface area contributed by atoms with Crippen molar-refractivity contribution < 1.29 is 17.9 Å². The molecule has 0 bridgehead atoms. The molecule has 0 N–H and O–H groups in total. The zero-order chi connectivity index (χ0) is 22.9. The van der Waals surface area contributed by atoms with Gasteiger partial charge in [0.05, 0.1) is 27.8 Å². The van der Waals surface area contributed by atoms with Crippen molar-refractivity contribution in [1.29, 1.82) is 0 Å². The third kappa shape index (κ3) is 4.24. The molecule has 0 fully saturated rings. The highest BCUT2D eigenvalue weighted by Crippen LogP contribution is 2.34. The minimum absolute atomic E-state index is 0.0461. The maximum absolute atomic E-state index is 12.7. The first kappa shape index (κ1) is 22.3. The van der Waals surface area contributed by atoms with Crippen LogP contribution in [0.2, 0.25) is 10.0 Å². The SMILES string of the molecule is Cc1cccc2c1C(N(CCOC(=O)c1ccccc1Cl)c1ccccc1Cl)=NS2(=O)=O. The Morgan fingerprint density at radius 2 is 1.66 bits per heavy atom. The van der Waals surface area contributed by atoms with Gasteiger partial charge >= 0.3 is 5.97 Å². The second-order valence-corrected chi connectivity index (χ2v) is 9.44. The van der Waals surface area contributed by atoms with Gasteiger partial charge in [-0.2, -0.15) is 8.42 Å². The Hall–Kier alpha value is -2.87. The van der Waals surface area contributed by atoms with Gasteiger partial charge in [0.25, 0.3) is 10.0 Å². The Kier molecular flexibility index (Phi) is 6.24. The third-order valence-corrected chi connectivity index (χ3v) is 6.94. The summed E-state index contributed by atoms with van der Waals surface area (Å²) in [7, 11) is -3.86. The highest BCUT2D eigenvalue weighted by Gasteiger charge is 2.34. The van der Waals surface area contributed by atoms with E-state index in [4.69, 9.17) is 27.9 Å². The van der Waals surface area contributed by atoms with Crippen LogP contribution in [-0.4, -0.2) is 33.4 Å². The number of aryl methyl sites for hydroxylation is 1. The van der Waals surface area contributed by atoms with Crippen molar-refractivity contribution in [3.05, 3.63) is 93.5 Å². The lowest BCUT2D eigenvalue weighted by atomic mass is 10.1. The Balaban J connectivity index is 1.67. The van der Waals surface area contributed by atoms with Crippen molar-refractivity contribution >= 4 is 50.7 Å². The first-order chi connectivity index (χ1) is 15.3. The predicted octanol–water partition coefficient (Wildman–Crippen LogP) is 5.11. The Morgan fingerprint density at radius 1 is 0.969 bits per heavy atom. The molecule has 0 saturated carbocycles. The van der Waals surface area contributed by atoms with Gasteiger partial charge in [0.2, 0.25) is 0 Å². The monoisotopic (exact) mass is 488 g/mol. The summed E-state index contributed by atoms with van der Waals surface area (Å²) in [6.45, 7) is 1.90. The van der Waals surface area contributed by atoms with Gasteiger partial charge in [-0.1, -0.05) is 59.6 Å². The molecule has 4 rings (SSSR count). The molecule has 1 aliphatic rings. The molecule has 9 heteroatoms. The molecule has 3 aromatic rings. The van der Waals surface area contributed by atoms with Crippen LogP contribution >= 0.6 is 23.2 Å². The van der Waals surface area contributed by atoms with E-state index in [1.807, 2.05) is 13.0 Å². The van der Waals surface area contributed by atoms with Gasteiger partial charge in [-0.25, -0.2) is 4.79 Å². The predicted molar refractivity (Wildman–Crippen MR) is 125 cm³/mol. The maximum atomic E-state index is 12.7. The molecule has 0 spiro atoms. The lowest BCUT2D eigenvalue weighted by Crippen LogP contribution is -2.35. The Morgan fingerprint density at radius 3 is 2.38 bits per heavy atom. The van der Waals surface area contributed by atoms with Crippen molar-refractivity contribution in [2.24, 2.45) is 4.40 Å². The third-order valence-electron chi connectivity index (χ3n) is 4.98. The van der Waals surface area contributed by atoms with Crippen LogP contribution in [0.1, 0.15) is 21.5 Å². The van der Waals surface area contributed by atoms with E-state index < -0.39 is 16.0 Å². The van der Waals surface area contributed by atoms with Gasteiger partial charge in [0.15, 0.2) is 5.84 Å². The fraction of sp³-hybridized carbons (Fsp3) is 0.130. The second-order valence-electron chi connectivity index (χ2n) is 7.06. The molecule has 164 valence electrons. The number of esters is 1. The molecular weight excluding hydrogens is 471 g/mol. The van der Waals surface area contributed by atoms with Crippen LogP contribution in [0.3, 0.4) is 0 Å².